The van der Waals surface area contributed by atoms with Crippen LogP contribution in [0.3, 0.4) is 0 Å². The van der Waals surface area contributed by atoms with Gasteiger partial charge >= 0.3 is 17.9 Å². The van der Waals surface area contributed by atoms with Crippen molar-refractivity contribution in [2.24, 2.45) is 0 Å². The Morgan fingerprint density at radius 1 is 0.600 bits per heavy atom. The van der Waals surface area contributed by atoms with Gasteiger partial charge in [0.1, 0.15) is 12.7 Å². The topological polar surface area (TPSA) is 101 Å². The SMILES string of the molecule is O=C(OC[C@H]1O[C@H]2O[C@@H]2[C@@H](OC(=O)c2ccccc2)[C@@H]1OC(=O)c1ccccc1)c1ccccc1. The lowest BCUT2D eigenvalue weighted by Gasteiger charge is -2.34. The van der Waals surface area contributed by atoms with Crippen molar-refractivity contribution in [1.29, 1.82) is 0 Å². The molecule has 0 spiro atoms. The molecule has 35 heavy (non-hydrogen) atoms. The van der Waals surface area contributed by atoms with E-state index in [0.717, 1.165) is 0 Å². The first-order chi connectivity index (χ1) is 17.1. The first kappa shape index (κ1) is 22.8. The lowest BCUT2D eigenvalue weighted by Crippen LogP contribution is -2.53. The van der Waals surface area contributed by atoms with Crippen molar-refractivity contribution in [3.8, 4) is 0 Å². The van der Waals surface area contributed by atoms with Gasteiger partial charge in [-0.3, -0.25) is 0 Å². The van der Waals surface area contributed by atoms with Crippen molar-refractivity contribution in [2.75, 3.05) is 6.61 Å². The van der Waals surface area contributed by atoms with E-state index in [1.54, 1.807) is 91.0 Å². The van der Waals surface area contributed by atoms with Crippen molar-refractivity contribution in [3.05, 3.63) is 108 Å². The molecular weight excluding hydrogens is 452 g/mol. The molecule has 2 heterocycles. The molecule has 2 aliphatic heterocycles. The van der Waals surface area contributed by atoms with Crippen molar-refractivity contribution >= 4 is 17.9 Å². The number of ether oxygens (including phenoxy) is 5. The number of hydrogen-bond donors (Lipinski definition) is 0. The third-order valence-electron chi connectivity index (χ3n) is 5.70. The second kappa shape index (κ2) is 10.1. The normalized spacial score (nSPS) is 24.5. The summed E-state index contributed by atoms with van der Waals surface area (Å²) in [4.78, 5) is 38.1. The molecule has 178 valence electrons. The summed E-state index contributed by atoms with van der Waals surface area (Å²) >= 11 is 0. The predicted octanol–water partition coefficient (Wildman–Crippen LogP) is 3.42. The predicted molar refractivity (Wildman–Crippen MR) is 122 cm³/mol. The summed E-state index contributed by atoms with van der Waals surface area (Å²) in [5.41, 5.74) is 1.03. The van der Waals surface area contributed by atoms with Gasteiger partial charge in [-0.25, -0.2) is 14.4 Å². The van der Waals surface area contributed by atoms with Gasteiger partial charge in [0.2, 0.25) is 0 Å². The first-order valence-corrected chi connectivity index (χ1v) is 11.2. The molecule has 3 aromatic carbocycles. The molecule has 5 atom stereocenters. The zero-order valence-corrected chi connectivity index (χ0v) is 18.5. The zero-order valence-electron chi connectivity index (χ0n) is 18.5. The van der Waals surface area contributed by atoms with Crippen molar-refractivity contribution < 1.29 is 38.1 Å². The van der Waals surface area contributed by atoms with E-state index < -0.39 is 48.6 Å². The van der Waals surface area contributed by atoms with Crippen LogP contribution in [-0.2, 0) is 23.7 Å². The van der Waals surface area contributed by atoms with Gasteiger partial charge in [0.25, 0.3) is 0 Å². The highest BCUT2D eigenvalue weighted by molar-refractivity contribution is 5.91. The van der Waals surface area contributed by atoms with Crippen LogP contribution in [-0.4, -0.2) is 55.2 Å². The highest BCUT2D eigenvalue weighted by Crippen LogP contribution is 2.39. The maximum absolute atomic E-state index is 12.9. The van der Waals surface area contributed by atoms with Crippen LogP contribution in [0.5, 0.6) is 0 Å². The smallest absolute Gasteiger partial charge is 0.338 e. The number of benzene rings is 3. The number of rotatable bonds is 7. The van der Waals surface area contributed by atoms with Gasteiger partial charge in [-0.2, -0.15) is 0 Å². The van der Waals surface area contributed by atoms with Gasteiger partial charge in [0, 0.05) is 0 Å². The van der Waals surface area contributed by atoms with Crippen LogP contribution in [0.1, 0.15) is 31.1 Å². The monoisotopic (exact) mass is 474 g/mol. The summed E-state index contributed by atoms with van der Waals surface area (Å²) in [5.74, 6) is -1.77. The largest absolute Gasteiger partial charge is 0.459 e. The molecule has 2 saturated heterocycles. The Hall–Kier alpha value is -4.01. The van der Waals surface area contributed by atoms with Crippen LogP contribution in [0.2, 0.25) is 0 Å². The summed E-state index contributed by atoms with van der Waals surface area (Å²) in [6.07, 6.45) is -4.18. The lowest BCUT2D eigenvalue weighted by atomic mass is 10.0. The Balaban J connectivity index is 1.36. The summed E-state index contributed by atoms with van der Waals surface area (Å²) in [7, 11) is 0. The fourth-order valence-corrected chi connectivity index (χ4v) is 3.86. The van der Waals surface area contributed by atoms with E-state index in [0.29, 0.717) is 16.7 Å². The average molecular weight is 474 g/mol. The number of hydrogen-bond acceptors (Lipinski definition) is 8. The highest BCUT2D eigenvalue weighted by Gasteiger charge is 2.60. The van der Waals surface area contributed by atoms with Crippen molar-refractivity contribution in [1.82, 2.24) is 0 Å². The molecule has 8 heteroatoms. The summed E-state index contributed by atoms with van der Waals surface area (Å²) in [5, 5.41) is 0. The molecule has 5 rings (SSSR count). The second-order valence-electron chi connectivity index (χ2n) is 8.08. The van der Waals surface area contributed by atoms with Gasteiger partial charge in [-0.1, -0.05) is 54.6 Å². The molecule has 8 nitrogen and oxygen atoms in total. The van der Waals surface area contributed by atoms with Crippen molar-refractivity contribution in [2.45, 2.75) is 30.7 Å². The molecule has 3 aromatic rings. The van der Waals surface area contributed by atoms with Gasteiger partial charge in [-0.15, -0.1) is 0 Å². The zero-order chi connectivity index (χ0) is 24.2. The molecule has 0 aromatic heterocycles. The van der Waals surface area contributed by atoms with Crippen LogP contribution >= 0.6 is 0 Å². The van der Waals surface area contributed by atoms with Crippen LogP contribution in [0.15, 0.2) is 91.0 Å². The Labute approximate surface area is 201 Å². The minimum absolute atomic E-state index is 0.230. The Morgan fingerprint density at radius 3 is 1.57 bits per heavy atom. The third-order valence-corrected chi connectivity index (χ3v) is 5.70. The number of carbonyl (C=O) groups excluding carboxylic acids is 3. The van der Waals surface area contributed by atoms with E-state index in [-0.39, 0.29) is 6.61 Å². The van der Waals surface area contributed by atoms with Crippen LogP contribution < -0.4 is 0 Å². The number of epoxide rings is 1. The van der Waals surface area contributed by atoms with Crippen LogP contribution in [0.4, 0.5) is 0 Å². The first-order valence-electron chi connectivity index (χ1n) is 11.2. The molecule has 0 saturated carbocycles. The van der Waals surface area contributed by atoms with Gasteiger partial charge in [-0.05, 0) is 36.4 Å². The molecule has 0 bridgehead atoms. The Kier molecular flexibility index (Phi) is 6.56. The van der Waals surface area contributed by atoms with Gasteiger partial charge in [0.15, 0.2) is 24.6 Å². The van der Waals surface area contributed by atoms with Gasteiger partial charge in [0.05, 0.1) is 16.7 Å². The van der Waals surface area contributed by atoms with Crippen LogP contribution in [0.25, 0.3) is 0 Å². The van der Waals surface area contributed by atoms with E-state index >= 15 is 0 Å². The fraction of sp³-hybridized carbons (Fsp3) is 0.222. The quantitative estimate of drug-likeness (QED) is 0.292. The summed E-state index contributed by atoms with van der Waals surface area (Å²) in [6.45, 7) is -0.230. The van der Waals surface area contributed by atoms with E-state index in [4.69, 9.17) is 23.7 Å². The van der Waals surface area contributed by atoms with Crippen LogP contribution in [0, 0.1) is 0 Å². The highest BCUT2D eigenvalue weighted by atomic mass is 16.8. The molecule has 0 N–H and O–H groups in total. The second-order valence-corrected chi connectivity index (χ2v) is 8.08. The third kappa shape index (κ3) is 5.24. The maximum atomic E-state index is 12.9. The average Bonchev–Trinajstić information content (AvgIpc) is 3.69. The minimum Gasteiger partial charge on any atom is -0.459 e. The summed E-state index contributed by atoms with van der Waals surface area (Å²) < 4.78 is 28.3. The van der Waals surface area contributed by atoms with Gasteiger partial charge < -0.3 is 23.7 Å². The number of fused-ring (bicyclic) bond motifs is 1. The summed E-state index contributed by atoms with van der Waals surface area (Å²) in [6, 6.07) is 25.4. The van der Waals surface area contributed by atoms with Crippen molar-refractivity contribution in [3.63, 3.8) is 0 Å². The number of carbonyl (C=O) groups is 3. The van der Waals surface area contributed by atoms with E-state index in [1.165, 1.54) is 0 Å². The molecular formula is C27H22O8. The molecule has 0 radical (unpaired) electrons. The maximum Gasteiger partial charge on any atom is 0.338 e. The molecule has 0 aliphatic carbocycles. The molecule has 0 amide bonds. The van der Waals surface area contributed by atoms with E-state index in [1.807, 2.05) is 0 Å². The molecule has 2 fully saturated rings. The Bertz CT molecular complexity index is 1180. The fourth-order valence-electron chi connectivity index (χ4n) is 3.86. The van der Waals surface area contributed by atoms with E-state index in [9.17, 15) is 14.4 Å². The Morgan fingerprint density at radius 2 is 1.06 bits per heavy atom. The van der Waals surface area contributed by atoms with E-state index in [2.05, 4.69) is 0 Å². The molecule has 0 unspecified atom stereocenters. The minimum atomic E-state index is -1.07. The molecule has 2 aliphatic rings. The lowest BCUT2D eigenvalue weighted by molar-refractivity contribution is -0.150. The number of esters is 3. The standard InChI is InChI=1S/C27H22O8/c28-24(17-10-4-1-5-11-17)31-16-20-21(33-25(29)18-12-6-2-7-13-18)22(23-27(32-20)35-23)34-26(30)19-14-8-3-9-15-19/h1-15,20-23,27H,16H2/t20-,21-,22+,23-,27+/m1/s1.